The summed E-state index contributed by atoms with van der Waals surface area (Å²) in [7, 11) is 1.60. The number of nitro benzene ring substituents is 1. The topological polar surface area (TPSA) is 109 Å². The molecule has 2 aromatic rings. The van der Waals surface area contributed by atoms with Crippen LogP contribution < -0.4 is 16.0 Å². The second-order valence-electron chi connectivity index (χ2n) is 6.04. The Kier molecular flexibility index (Phi) is 7.95. The molecule has 28 heavy (non-hydrogen) atoms. The first-order valence-electron chi connectivity index (χ1n) is 9.10. The minimum atomic E-state index is -0.398. The molecule has 0 aliphatic heterocycles. The molecule has 1 amide bonds. The highest BCUT2D eigenvalue weighted by atomic mass is 16.6. The second-order valence-corrected chi connectivity index (χ2v) is 6.04. The smallest absolute Gasteiger partial charge is 0.274 e. The van der Waals surface area contributed by atoms with E-state index in [1.54, 1.807) is 31.3 Å². The van der Waals surface area contributed by atoms with Crippen molar-refractivity contribution in [1.82, 2.24) is 16.0 Å². The molecule has 8 heteroatoms. The fourth-order valence-corrected chi connectivity index (χ4v) is 2.67. The van der Waals surface area contributed by atoms with Gasteiger partial charge in [-0.05, 0) is 31.0 Å². The van der Waals surface area contributed by atoms with Crippen LogP contribution in [0.2, 0.25) is 0 Å². The van der Waals surface area contributed by atoms with Crippen LogP contribution in [0.15, 0.2) is 53.5 Å². The number of benzene rings is 2. The van der Waals surface area contributed by atoms with Gasteiger partial charge >= 0.3 is 0 Å². The molecule has 2 rings (SSSR count). The number of para-hydroxylation sites is 1. The fraction of sp³-hybridized carbons (Fsp3) is 0.300. The van der Waals surface area contributed by atoms with Crippen molar-refractivity contribution in [2.75, 3.05) is 20.1 Å². The molecule has 0 spiro atoms. The predicted octanol–water partition coefficient (Wildman–Crippen LogP) is 2.25. The molecule has 0 aliphatic rings. The summed E-state index contributed by atoms with van der Waals surface area (Å²) in [6.07, 6.45) is 0.709. The average Bonchev–Trinajstić information content (AvgIpc) is 2.71. The Morgan fingerprint density at radius 1 is 1.14 bits per heavy atom. The summed E-state index contributed by atoms with van der Waals surface area (Å²) in [6.45, 7) is 3.45. The lowest BCUT2D eigenvalue weighted by Gasteiger charge is -2.12. The number of carbonyl (C=O) groups is 1. The lowest BCUT2D eigenvalue weighted by Crippen LogP contribution is -2.38. The molecule has 8 nitrogen and oxygen atoms in total. The first-order chi connectivity index (χ1) is 13.5. The number of amides is 1. The van der Waals surface area contributed by atoms with E-state index in [9.17, 15) is 14.9 Å². The molecule has 0 bridgehead atoms. The molecule has 3 N–H and O–H groups in total. The van der Waals surface area contributed by atoms with Crippen LogP contribution in [0.1, 0.15) is 28.4 Å². The van der Waals surface area contributed by atoms with Crippen LogP contribution in [0, 0.1) is 10.1 Å². The van der Waals surface area contributed by atoms with Crippen molar-refractivity contribution in [2.24, 2.45) is 4.99 Å². The molecule has 2 aromatic carbocycles. The highest BCUT2D eigenvalue weighted by molar-refractivity contribution is 5.94. The largest absolute Gasteiger partial charge is 0.357 e. The molecule has 0 saturated heterocycles. The summed E-state index contributed by atoms with van der Waals surface area (Å²) in [4.78, 5) is 26.9. The van der Waals surface area contributed by atoms with Crippen LogP contribution in [0.3, 0.4) is 0 Å². The third-order valence-electron chi connectivity index (χ3n) is 4.06. The van der Waals surface area contributed by atoms with Crippen molar-refractivity contribution in [1.29, 1.82) is 0 Å². The van der Waals surface area contributed by atoms with Crippen LogP contribution in [-0.2, 0) is 13.0 Å². The van der Waals surface area contributed by atoms with Gasteiger partial charge in [0.1, 0.15) is 0 Å². The summed E-state index contributed by atoms with van der Waals surface area (Å²) in [6, 6.07) is 14.0. The molecule has 0 aliphatic carbocycles. The van der Waals surface area contributed by atoms with Crippen molar-refractivity contribution in [2.45, 2.75) is 19.9 Å². The van der Waals surface area contributed by atoms with Crippen LogP contribution in [0.25, 0.3) is 0 Å². The fourth-order valence-electron chi connectivity index (χ4n) is 2.67. The average molecular weight is 383 g/mol. The lowest BCUT2D eigenvalue weighted by atomic mass is 10.1. The van der Waals surface area contributed by atoms with Gasteiger partial charge in [-0.1, -0.05) is 30.3 Å². The zero-order chi connectivity index (χ0) is 20.4. The van der Waals surface area contributed by atoms with Crippen LogP contribution in [0.4, 0.5) is 5.69 Å². The molecular formula is C20H25N5O3. The number of nitrogens with zero attached hydrogens (tertiary/aromatic N) is 2. The van der Waals surface area contributed by atoms with Gasteiger partial charge in [-0.15, -0.1) is 0 Å². The molecule has 0 atom stereocenters. The molecule has 0 fully saturated rings. The van der Waals surface area contributed by atoms with E-state index in [2.05, 4.69) is 20.9 Å². The van der Waals surface area contributed by atoms with E-state index in [1.165, 1.54) is 6.07 Å². The third-order valence-corrected chi connectivity index (χ3v) is 4.06. The van der Waals surface area contributed by atoms with E-state index in [0.717, 1.165) is 5.56 Å². The maximum absolute atomic E-state index is 11.7. The molecule has 0 unspecified atom stereocenters. The number of aliphatic imine (C=N–C) groups is 1. The number of guanidine groups is 1. The summed E-state index contributed by atoms with van der Waals surface area (Å²) in [5.41, 5.74) is 2.27. The predicted molar refractivity (Wildman–Crippen MR) is 109 cm³/mol. The van der Waals surface area contributed by atoms with Crippen molar-refractivity contribution >= 4 is 17.6 Å². The highest BCUT2D eigenvalue weighted by Crippen LogP contribution is 2.18. The molecule has 0 aromatic heterocycles. The number of carbonyl (C=O) groups excluding carboxylic acids is 1. The summed E-state index contributed by atoms with van der Waals surface area (Å²) in [5.74, 6) is 0.470. The minimum absolute atomic E-state index is 0.0631. The quantitative estimate of drug-likeness (QED) is 0.280. The number of hydrogen-bond acceptors (Lipinski definition) is 4. The van der Waals surface area contributed by atoms with Crippen LogP contribution >= 0.6 is 0 Å². The van der Waals surface area contributed by atoms with Gasteiger partial charge < -0.3 is 16.0 Å². The molecule has 0 heterocycles. The number of nitrogens with one attached hydrogen (secondary N) is 3. The number of hydrogen-bond donors (Lipinski definition) is 3. The summed E-state index contributed by atoms with van der Waals surface area (Å²) >= 11 is 0. The monoisotopic (exact) mass is 383 g/mol. The number of rotatable bonds is 8. The molecule has 0 saturated carbocycles. The normalized spacial score (nSPS) is 11.0. The Morgan fingerprint density at radius 3 is 2.64 bits per heavy atom. The van der Waals surface area contributed by atoms with E-state index in [1.807, 2.05) is 25.1 Å². The minimum Gasteiger partial charge on any atom is -0.357 e. The Labute approximate surface area is 164 Å². The third kappa shape index (κ3) is 6.08. The van der Waals surface area contributed by atoms with Crippen molar-refractivity contribution in [3.05, 3.63) is 75.3 Å². The van der Waals surface area contributed by atoms with Gasteiger partial charge in [0.2, 0.25) is 0 Å². The van der Waals surface area contributed by atoms with Gasteiger partial charge in [-0.25, -0.2) is 4.99 Å². The van der Waals surface area contributed by atoms with Gasteiger partial charge in [-0.2, -0.15) is 0 Å². The first-order valence-corrected chi connectivity index (χ1v) is 9.10. The first kappa shape index (κ1) is 20.9. The van der Waals surface area contributed by atoms with E-state index in [4.69, 9.17) is 0 Å². The number of nitro groups is 1. The molecule has 148 valence electrons. The van der Waals surface area contributed by atoms with E-state index in [-0.39, 0.29) is 18.1 Å². The van der Waals surface area contributed by atoms with Crippen LogP contribution in [-0.4, -0.2) is 36.9 Å². The van der Waals surface area contributed by atoms with Gasteiger partial charge in [-0.3, -0.25) is 14.9 Å². The van der Waals surface area contributed by atoms with Gasteiger partial charge in [0, 0.05) is 31.8 Å². The van der Waals surface area contributed by atoms with Gasteiger partial charge in [0.05, 0.1) is 17.0 Å². The standard InChI is InChI=1S/C20H25N5O3/c1-3-22-20(24-14-17-8-4-5-10-18(17)25(27)28)23-12-11-15-7-6-9-16(13-15)19(26)21-2/h4-10,13H,3,11-12,14H2,1-2H3,(H,21,26)(H2,22,23,24). The van der Waals surface area contributed by atoms with E-state index >= 15 is 0 Å². The SMILES string of the molecule is CCNC(=NCc1ccccc1[N+](=O)[O-])NCCc1cccc(C(=O)NC)c1. The summed E-state index contributed by atoms with van der Waals surface area (Å²) in [5, 5.41) is 20.1. The Balaban J connectivity index is 1.99. The molecule has 0 radical (unpaired) electrons. The zero-order valence-electron chi connectivity index (χ0n) is 16.1. The Bertz CT molecular complexity index is 851. The van der Waals surface area contributed by atoms with Crippen molar-refractivity contribution in [3.8, 4) is 0 Å². The van der Waals surface area contributed by atoms with E-state index < -0.39 is 4.92 Å². The van der Waals surface area contributed by atoms with Crippen molar-refractivity contribution < 1.29 is 9.72 Å². The van der Waals surface area contributed by atoms with Gasteiger partial charge in [0.25, 0.3) is 11.6 Å². The van der Waals surface area contributed by atoms with Crippen molar-refractivity contribution in [3.63, 3.8) is 0 Å². The van der Waals surface area contributed by atoms with E-state index in [0.29, 0.717) is 36.6 Å². The Hall–Kier alpha value is -3.42. The summed E-state index contributed by atoms with van der Waals surface area (Å²) < 4.78 is 0. The maximum Gasteiger partial charge on any atom is 0.274 e. The van der Waals surface area contributed by atoms with Gasteiger partial charge in [0.15, 0.2) is 5.96 Å². The molecular weight excluding hydrogens is 358 g/mol. The van der Waals surface area contributed by atoms with Crippen LogP contribution in [0.5, 0.6) is 0 Å². The lowest BCUT2D eigenvalue weighted by molar-refractivity contribution is -0.385. The highest BCUT2D eigenvalue weighted by Gasteiger charge is 2.11. The second kappa shape index (κ2) is 10.7. The maximum atomic E-state index is 11.7. The Morgan fingerprint density at radius 2 is 1.93 bits per heavy atom. The zero-order valence-corrected chi connectivity index (χ0v) is 16.1.